The summed E-state index contributed by atoms with van der Waals surface area (Å²) >= 11 is 11.9. The number of oxime groups is 1. The normalized spacial score (nSPS) is 12.0. The maximum absolute atomic E-state index is 11.5. The molecule has 1 aromatic rings. The van der Waals surface area contributed by atoms with E-state index in [0.29, 0.717) is 15.6 Å². The first kappa shape index (κ1) is 18.3. The monoisotopic (exact) mass is 346 g/mol. The molecule has 0 aliphatic rings. The van der Waals surface area contributed by atoms with E-state index < -0.39 is 17.9 Å². The second-order valence-electron chi connectivity index (χ2n) is 4.18. The van der Waals surface area contributed by atoms with Gasteiger partial charge in [-0.1, -0.05) is 34.4 Å². The van der Waals surface area contributed by atoms with Crippen molar-refractivity contribution in [3.8, 4) is 0 Å². The summed E-state index contributed by atoms with van der Waals surface area (Å²) in [5.74, 6) is -1.01. The Bertz CT molecular complexity index is 544. The lowest BCUT2D eigenvalue weighted by atomic mass is 10.2. The van der Waals surface area contributed by atoms with E-state index in [1.807, 2.05) is 0 Å². The van der Waals surface area contributed by atoms with Gasteiger partial charge in [0.2, 0.25) is 0 Å². The van der Waals surface area contributed by atoms with Crippen molar-refractivity contribution in [1.29, 1.82) is 0 Å². The molecule has 0 saturated carbocycles. The molecule has 0 bridgehead atoms. The van der Waals surface area contributed by atoms with Crippen molar-refractivity contribution in [2.75, 3.05) is 13.2 Å². The minimum atomic E-state index is -0.752. The zero-order valence-electron chi connectivity index (χ0n) is 12.1. The van der Waals surface area contributed by atoms with Crippen molar-refractivity contribution in [3.63, 3.8) is 0 Å². The molecule has 1 atom stereocenters. The summed E-state index contributed by atoms with van der Waals surface area (Å²) in [7, 11) is 0. The van der Waals surface area contributed by atoms with Crippen molar-refractivity contribution in [1.82, 2.24) is 5.32 Å². The van der Waals surface area contributed by atoms with Gasteiger partial charge >= 0.3 is 5.97 Å². The highest BCUT2D eigenvalue weighted by molar-refractivity contribution is 6.38. The van der Waals surface area contributed by atoms with Crippen LogP contribution in [-0.4, -0.2) is 37.3 Å². The Morgan fingerprint density at radius 3 is 2.59 bits per heavy atom. The Kier molecular flexibility index (Phi) is 7.70. The van der Waals surface area contributed by atoms with E-state index in [4.69, 9.17) is 32.8 Å². The van der Waals surface area contributed by atoms with Crippen LogP contribution in [0, 0.1) is 0 Å². The van der Waals surface area contributed by atoms with Crippen LogP contribution in [0.1, 0.15) is 19.4 Å². The van der Waals surface area contributed by atoms with Gasteiger partial charge in [-0.3, -0.25) is 4.79 Å². The summed E-state index contributed by atoms with van der Waals surface area (Å²) in [6.45, 7) is 3.10. The lowest BCUT2D eigenvalue weighted by Gasteiger charge is -2.11. The quantitative estimate of drug-likeness (QED) is 0.467. The van der Waals surface area contributed by atoms with Gasteiger partial charge in [-0.05, 0) is 26.0 Å². The van der Waals surface area contributed by atoms with Crippen LogP contribution in [0.5, 0.6) is 0 Å². The van der Waals surface area contributed by atoms with Crippen molar-refractivity contribution >= 4 is 41.3 Å². The van der Waals surface area contributed by atoms with E-state index in [1.54, 1.807) is 25.1 Å². The van der Waals surface area contributed by atoms with E-state index in [-0.39, 0.29) is 13.2 Å². The van der Waals surface area contributed by atoms with Crippen LogP contribution < -0.4 is 5.32 Å². The molecule has 6 nitrogen and oxygen atoms in total. The van der Waals surface area contributed by atoms with E-state index in [1.165, 1.54) is 13.1 Å². The minimum Gasteiger partial charge on any atom is -0.464 e. The summed E-state index contributed by atoms with van der Waals surface area (Å²) in [5.41, 5.74) is 0.492. The molecule has 8 heteroatoms. The van der Waals surface area contributed by atoms with Gasteiger partial charge in [0, 0.05) is 5.56 Å². The molecule has 0 spiro atoms. The molecular weight excluding hydrogens is 331 g/mol. The number of nitrogens with one attached hydrogen (secondary N) is 1. The Hall–Kier alpha value is -1.79. The molecule has 0 saturated heterocycles. The second kappa shape index (κ2) is 9.27. The fraction of sp³-hybridized carbons (Fsp3) is 0.357. The average molecular weight is 347 g/mol. The molecule has 0 fully saturated rings. The summed E-state index contributed by atoms with van der Waals surface area (Å²) in [5, 5.41) is 6.88. The summed E-state index contributed by atoms with van der Waals surface area (Å²) in [4.78, 5) is 27.7. The molecule has 1 aromatic carbocycles. The number of nitrogens with zero attached hydrogens (tertiary/aromatic N) is 1. The van der Waals surface area contributed by atoms with Gasteiger partial charge in [0.05, 0.1) is 22.9 Å². The number of carbonyl (C=O) groups is 2. The maximum Gasteiger partial charge on any atom is 0.328 e. The van der Waals surface area contributed by atoms with Crippen LogP contribution in [-0.2, 0) is 19.2 Å². The van der Waals surface area contributed by atoms with Gasteiger partial charge in [-0.15, -0.1) is 0 Å². The predicted molar refractivity (Wildman–Crippen MR) is 84.2 cm³/mol. The largest absolute Gasteiger partial charge is 0.464 e. The van der Waals surface area contributed by atoms with E-state index in [9.17, 15) is 9.59 Å². The molecule has 120 valence electrons. The van der Waals surface area contributed by atoms with Gasteiger partial charge in [0.1, 0.15) is 6.04 Å². The van der Waals surface area contributed by atoms with Crippen molar-refractivity contribution in [3.05, 3.63) is 33.8 Å². The smallest absolute Gasteiger partial charge is 0.328 e. The van der Waals surface area contributed by atoms with Gasteiger partial charge in [-0.25, -0.2) is 4.79 Å². The van der Waals surface area contributed by atoms with Crippen molar-refractivity contribution in [2.24, 2.45) is 5.16 Å². The van der Waals surface area contributed by atoms with Crippen LogP contribution in [0.4, 0.5) is 0 Å². The van der Waals surface area contributed by atoms with Gasteiger partial charge in [0.25, 0.3) is 5.91 Å². The number of rotatable bonds is 7. The number of hydrogen-bond acceptors (Lipinski definition) is 5. The molecule has 0 aliphatic heterocycles. The van der Waals surface area contributed by atoms with Crippen LogP contribution in [0.15, 0.2) is 23.4 Å². The molecule has 0 radical (unpaired) electrons. The molecule has 1 amide bonds. The molecule has 22 heavy (non-hydrogen) atoms. The van der Waals surface area contributed by atoms with Crippen LogP contribution in [0.25, 0.3) is 0 Å². The molecule has 0 aliphatic carbocycles. The Balaban J connectivity index is 2.42. The van der Waals surface area contributed by atoms with Crippen LogP contribution >= 0.6 is 23.2 Å². The highest BCUT2D eigenvalue weighted by Crippen LogP contribution is 2.22. The molecule has 0 aromatic heterocycles. The number of ether oxygens (including phenoxy) is 1. The Morgan fingerprint density at radius 1 is 1.36 bits per heavy atom. The predicted octanol–water partition coefficient (Wildman–Crippen LogP) is 2.41. The molecule has 1 rings (SSSR count). The van der Waals surface area contributed by atoms with Gasteiger partial charge < -0.3 is 14.9 Å². The fourth-order valence-electron chi connectivity index (χ4n) is 1.43. The third kappa shape index (κ3) is 5.91. The number of benzene rings is 1. The number of amides is 1. The highest BCUT2D eigenvalue weighted by Gasteiger charge is 2.16. The summed E-state index contributed by atoms with van der Waals surface area (Å²) in [6, 6.07) is 4.26. The highest BCUT2D eigenvalue weighted by atomic mass is 35.5. The number of carbonyl (C=O) groups excluding carboxylic acids is 2. The first-order chi connectivity index (χ1) is 10.5. The SMILES string of the molecule is CCOC(=O)[C@H](C)NC(=O)CON=Cc1c(Cl)cccc1Cl. The van der Waals surface area contributed by atoms with E-state index in [2.05, 4.69) is 10.5 Å². The average Bonchev–Trinajstić information content (AvgIpc) is 2.46. The Labute approximate surface area is 138 Å². The Morgan fingerprint density at radius 2 is 2.00 bits per heavy atom. The number of halogens is 2. The van der Waals surface area contributed by atoms with E-state index >= 15 is 0 Å². The van der Waals surface area contributed by atoms with E-state index in [0.717, 1.165) is 0 Å². The standard InChI is InChI=1S/C14H16Cl2N2O4/c1-3-21-14(20)9(2)18-13(19)8-22-17-7-10-11(15)5-4-6-12(10)16/h4-7,9H,3,8H2,1-2H3,(H,18,19)/t9-/m0/s1. The molecular formula is C14H16Cl2N2O4. The topological polar surface area (TPSA) is 77.0 Å². The second-order valence-corrected chi connectivity index (χ2v) is 5.00. The molecule has 1 N–H and O–H groups in total. The van der Waals surface area contributed by atoms with Crippen molar-refractivity contribution < 1.29 is 19.2 Å². The fourth-order valence-corrected chi connectivity index (χ4v) is 1.92. The van der Waals surface area contributed by atoms with Gasteiger partial charge in [0.15, 0.2) is 6.61 Å². The zero-order chi connectivity index (χ0) is 16.5. The lowest BCUT2D eigenvalue weighted by Crippen LogP contribution is -2.41. The molecule has 0 unspecified atom stereocenters. The first-order valence-corrected chi connectivity index (χ1v) is 7.26. The summed E-state index contributed by atoms with van der Waals surface area (Å²) < 4.78 is 4.76. The van der Waals surface area contributed by atoms with Crippen LogP contribution in [0.2, 0.25) is 10.0 Å². The maximum atomic E-state index is 11.5. The zero-order valence-corrected chi connectivity index (χ0v) is 13.6. The minimum absolute atomic E-state index is 0.248. The number of esters is 1. The van der Waals surface area contributed by atoms with Crippen molar-refractivity contribution in [2.45, 2.75) is 19.9 Å². The molecule has 0 heterocycles. The van der Waals surface area contributed by atoms with Gasteiger partial charge in [-0.2, -0.15) is 0 Å². The lowest BCUT2D eigenvalue weighted by molar-refractivity contribution is -0.147. The number of hydrogen-bond donors (Lipinski definition) is 1. The third-order valence-corrected chi connectivity index (χ3v) is 3.13. The first-order valence-electron chi connectivity index (χ1n) is 6.51. The summed E-state index contributed by atoms with van der Waals surface area (Å²) in [6.07, 6.45) is 1.31. The van der Waals surface area contributed by atoms with Crippen LogP contribution in [0.3, 0.4) is 0 Å². The third-order valence-electron chi connectivity index (χ3n) is 2.47.